The van der Waals surface area contributed by atoms with Crippen molar-refractivity contribution in [1.82, 2.24) is 0 Å². The lowest BCUT2D eigenvalue weighted by Crippen LogP contribution is -2.73. The highest BCUT2D eigenvalue weighted by molar-refractivity contribution is 5.92. The summed E-state index contributed by atoms with van der Waals surface area (Å²) in [6, 6.07) is 41.5. The van der Waals surface area contributed by atoms with Gasteiger partial charge in [-0.25, -0.2) is 0 Å². The zero-order valence-corrected chi connectivity index (χ0v) is 22.4. The lowest BCUT2D eigenvalue weighted by Gasteiger charge is -2.41. The van der Waals surface area contributed by atoms with Crippen LogP contribution in [0, 0.1) is 13.8 Å². The number of hydrogen-bond acceptors (Lipinski definition) is 0. The Balaban J connectivity index is 1.53. The maximum Gasteiger partial charge on any atom is 0.418 e. The van der Waals surface area contributed by atoms with Gasteiger partial charge >= 0.3 is 5.66 Å². The number of rotatable bonds is 0. The second-order valence-corrected chi connectivity index (χ2v) is 11.9. The van der Waals surface area contributed by atoms with E-state index in [4.69, 9.17) is 0 Å². The second kappa shape index (κ2) is 6.66. The van der Waals surface area contributed by atoms with E-state index in [2.05, 4.69) is 145 Å². The van der Waals surface area contributed by atoms with Gasteiger partial charge < -0.3 is 0 Å². The van der Waals surface area contributed by atoms with E-state index in [0.717, 1.165) is 0 Å². The molecule has 0 fully saturated rings. The van der Waals surface area contributed by atoms with E-state index in [1.165, 1.54) is 78.1 Å². The third-order valence-corrected chi connectivity index (χ3v) is 10.0. The van der Waals surface area contributed by atoms with Gasteiger partial charge in [0.05, 0.1) is 16.5 Å². The van der Waals surface area contributed by atoms with Crippen molar-refractivity contribution < 1.29 is 9.13 Å². The summed E-state index contributed by atoms with van der Waals surface area (Å²) in [6.45, 7) is 4.47. The Bertz CT molecular complexity index is 2110. The summed E-state index contributed by atoms with van der Waals surface area (Å²) in [5, 5.41) is 0. The second-order valence-electron chi connectivity index (χ2n) is 11.9. The smallest absolute Gasteiger partial charge is 0.126 e. The quantitative estimate of drug-likeness (QED) is 0.198. The Labute approximate surface area is 233 Å². The molecular weight excluding hydrogens is 484 g/mol. The summed E-state index contributed by atoms with van der Waals surface area (Å²) in [5.74, 6) is 0. The summed E-state index contributed by atoms with van der Waals surface area (Å²) >= 11 is 0. The van der Waals surface area contributed by atoms with Gasteiger partial charge in [0.1, 0.15) is 11.1 Å². The predicted octanol–water partition coefficient (Wildman–Crippen LogP) is 6.81. The fourth-order valence-electron chi connectivity index (χ4n) is 8.84. The standard InChI is InChI=1S/C38H26N2/c1-23-17-19-40-34(22-23)27-12-9-15-31-35(27)38(40)36-28(33-16-7-8-18-39(33)38)20-24(2)21-32(36)37(31)29-13-5-3-10-25(29)26-11-4-6-14-30(26)37/h3-22H,1-2H3/q+2. The van der Waals surface area contributed by atoms with Gasteiger partial charge in [0.25, 0.3) is 0 Å². The summed E-state index contributed by atoms with van der Waals surface area (Å²) < 4.78 is 5.11. The molecule has 2 aromatic heterocycles. The lowest BCUT2D eigenvalue weighted by molar-refractivity contribution is -0.955. The number of aryl methyl sites for hydroxylation is 2. The van der Waals surface area contributed by atoms with E-state index in [1.807, 2.05) is 0 Å². The summed E-state index contributed by atoms with van der Waals surface area (Å²) in [6.07, 6.45) is 4.62. The maximum atomic E-state index is 2.56. The minimum absolute atomic E-state index is 0.390. The average molecular weight is 511 g/mol. The molecule has 2 aliphatic heterocycles. The first-order valence-electron chi connectivity index (χ1n) is 14.2. The van der Waals surface area contributed by atoms with E-state index in [1.54, 1.807) is 0 Å². The molecule has 2 spiro atoms. The Morgan fingerprint density at radius 2 is 1.10 bits per heavy atom. The fourth-order valence-corrected chi connectivity index (χ4v) is 8.84. The molecule has 10 rings (SSSR count). The van der Waals surface area contributed by atoms with Gasteiger partial charge in [-0.15, -0.1) is 9.13 Å². The van der Waals surface area contributed by atoms with Gasteiger partial charge in [0.2, 0.25) is 11.4 Å². The molecule has 2 aliphatic carbocycles. The predicted molar refractivity (Wildman–Crippen MR) is 156 cm³/mol. The van der Waals surface area contributed by atoms with Crippen LogP contribution in [0.3, 0.4) is 0 Å². The molecule has 0 N–H and O–H groups in total. The van der Waals surface area contributed by atoms with Crippen molar-refractivity contribution in [1.29, 1.82) is 0 Å². The largest absolute Gasteiger partial charge is 0.418 e. The van der Waals surface area contributed by atoms with E-state index < -0.39 is 11.1 Å². The summed E-state index contributed by atoms with van der Waals surface area (Å²) in [5.41, 5.74) is 18.1. The molecule has 1 atom stereocenters. The molecule has 0 bridgehead atoms. The monoisotopic (exact) mass is 510 g/mol. The molecule has 40 heavy (non-hydrogen) atoms. The SMILES string of the molecule is Cc1cc2c3c(c1)C1(c4ccccc4-c4ccccc41)c1cccc4c1C3([n+]1ccccc1-2)[n+]1ccc(C)cc1-4. The van der Waals surface area contributed by atoms with Crippen molar-refractivity contribution in [3.63, 3.8) is 0 Å². The molecule has 0 amide bonds. The molecule has 0 saturated heterocycles. The molecule has 2 nitrogen and oxygen atoms in total. The van der Waals surface area contributed by atoms with E-state index in [9.17, 15) is 0 Å². The Kier molecular flexibility index (Phi) is 3.50. The van der Waals surface area contributed by atoms with E-state index >= 15 is 0 Å². The molecule has 0 saturated carbocycles. The molecule has 6 aromatic rings. The number of fused-ring (bicyclic) bond motifs is 11. The van der Waals surface area contributed by atoms with Crippen LogP contribution in [0.5, 0.6) is 0 Å². The molecule has 4 aliphatic rings. The van der Waals surface area contributed by atoms with Gasteiger partial charge in [-0.1, -0.05) is 66.7 Å². The number of nitrogens with zero attached hydrogens (tertiary/aromatic N) is 2. The first kappa shape index (κ1) is 21.1. The van der Waals surface area contributed by atoms with Crippen molar-refractivity contribution >= 4 is 0 Å². The van der Waals surface area contributed by atoms with Crippen molar-refractivity contribution in [2.75, 3.05) is 0 Å². The van der Waals surface area contributed by atoms with Crippen molar-refractivity contribution in [2.45, 2.75) is 24.9 Å². The molecule has 4 heterocycles. The molecule has 0 radical (unpaired) electrons. The first-order chi connectivity index (χ1) is 19.7. The molecule has 4 aromatic carbocycles. The molecule has 1 unspecified atom stereocenters. The highest BCUT2D eigenvalue weighted by atomic mass is 15.3. The Morgan fingerprint density at radius 1 is 0.450 bits per heavy atom. The molecule has 186 valence electrons. The van der Waals surface area contributed by atoms with Crippen LogP contribution in [0.15, 0.2) is 122 Å². The highest BCUT2D eigenvalue weighted by Crippen LogP contribution is 2.65. The van der Waals surface area contributed by atoms with Crippen LogP contribution >= 0.6 is 0 Å². The topological polar surface area (TPSA) is 7.76 Å². The highest BCUT2D eigenvalue weighted by Gasteiger charge is 2.73. The first-order valence-corrected chi connectivity index (χ1v) is 14.2. The van der Waals surface area contributed by atoms with Gasteiger partial charge in [0, 0.05) is 24.3 Å². The van der Waals surface area contributed by atoms with E-state index in [-0.39, 0.29) is 0 Å². The van der Waals surface area contributed by atoms with Crippen molar-refractivity contribution in [3.05, 3.63) is 166 Å². The lowest BCUT2D eigenvalue weighted by atomic mass is 9.58. The molecule has 2 heteroatoms. The maximum absolute atomic E-state index is 2.56. The molecular formula is C38H26N2+2. The van der Waals surface area contributed by atoms with Crippen LogP contribution in [-0.2, 0) is 11.1 Å². The minimum atomic E-state index is -0.471. The normalized spacial score (nSPS) is 18.6. The van der Waals surface area contributed by atoms with Gasteiger partial charge in [0.15, 0.2) is 12.4 Å². The van der Waals surface area contributed by atoms with Crippen LogP contribution in [0.2, 0.25) is 0 Å². The number of hydrogen-bond donors (Lipinski definition) is 0. The van der Waals surface area contributed by atoms with E-state index in [0.29, 0.717) is 0 Å². The zero-order chi connectivity index (χ0) is 26.4. The van der Waals surface area contributed by atoms with Crippen LogP contribution in [0.25, 0.3) is 33.6 Å². The van der Waals surface area contributed by atoms with Crippen LogP contribution in [-0.4, -0.2) is 0 Å². The number of benzene rings is 4. The Hall–Kier alpha value is -4.82. The minimum Gasteiger partial charge on any atom is -0.126 e. The Morgan fingerprint density at radius 3 is 1.90 bits per heavy atom. The average Bonchev–Trinajstić information content (AvgIpc) is 3.56. The summed E-state index contributed by atoms with van der Waals surface area (Å²) in [4.78, 5) is 0. The van der Waals surface area contributed by atoms with Gasteiger partial charge in [-0.3, -0.25) is 0 Å². The van der Waals surface area contributed by atoms with Crippen LogP contribution in [0.1, 0.15) is 44.5 Å². The summed E-state index contributed by atoms with van der Waals surface area (Å²) in [7, 11) is 0. The third kappa shape index (κ3) is 2.00. The van der Waals surface area contributed by atoms with Gasteiger partial charge in [-0.2, -0.15) is 0 Å². The van der Waals surface area contributed by atoms with Crippen LogP contribution in [0.4, 0.5) is 0 Å². The zero-order valence-electron chi connectivity index (χ0n) is 22.4. The van der Waals surface area contributed by atoms with Gasteiger partial charge in [-0.05, 0) is 76.6 Å². The fraction of sp³-hybridized carbons (Fsp3) is 0.105. The van der Waals surface area contributed by atoms with Crippen molar-refractivity contribution in [3.8, 4) is 33.6 Å². The van der Waals surface area contributed by atoms with Crippen LogP contribution < -0.4 is 9.13 Å². The number of pyridine rings is 2. The third-order valence-electron chi connectivity index (χ3n) is 10.0. The van der Waals surface area contributed by atoms with Crippen molar-refractivity contribution in [2.24, 2.45) is 0 Å². The number of aromatic nitrogens is 2.